The minimum absolute atomic E-state index is 1.16. The van der Waals surface area contributed by atoms with Gasteiger partial charge in [-0.25, -0.2) is 0 Å². The average Bonchev–Trinajstić information content (AvgIpc) is 3.49. The van der Waals surface area contributed by atoms with E-state index < -0.39 is 0 Å². The van der Waals surface area contributed by atoms with Crippen molar-refractivity contribution in [2.75, 3.05) is 4.90 Å². The van der Waals surface area contributed by atoms with Crippen molar-refractivity contribution >= 4 is 102 Å². The van der Waals surface area contributed by atoms with E-state index in [0.717, 1.165) is 5.69 Å². The standard InChI is InChI=1S/C44H27NS/c1-3-13-33-28(10-1)12-9-18-39(33)45(32-24-25-42-38(27-32)36-16-7-8-19-41(36)46-42)40-26-31-23-22-30-21-20-29-11-2-4-14-34(29)43(30)44(31)37-17-6-5-15-35(37)40/h1-27H. The number of anilines is 3. The molecule has 10 aromatic rings. The van der Waals surface area contributed by atoms with E-state index in [2.05, 4.69) is 169 Å². The predicted octanol–water partition coefficient (Wildman–Crippen LogP) is 13.3. The monoisotopic (exact) mass is 601 g/mol. The Labute approximate surface area is 270 Å². The Hall–Kier alpha value is -5.70. The first kappa shape index (κ1) is 25.6. The molecule has 0 amide bonds. The summed E-state index contributed by atoms with van der Waals surface area (Å²) in [6.45, 7) is 0. The molecule has 1 aromatic heterocycles. The molecule has 1 heterocycles. The zero-order valence-electron chi connectivity index (χ0n) is 24.9. The van der Waals surface area contributed by atoms with Crippen LogP contribution in [0.15, 0.2) is 164 Å². The van der Waals surface area contributed by atoms with E-state index in [0.29, 0.717) is 0 Å². The van der Waals surface area contributed by atoms with Crippen LogP contribution < -0.4 is 4.90 Å². The van der Waals surface area contributed by atoms with Crippen LogP contribution in [-0.2, 0) is 0 Å². The number of rotatable bonds is 3. The molecular formula is C44H27NS. The molecule has 0 spiro atoms. The quantitative estimate of drug-likeness (QED) is 0.182. The fraction of sp³-hybridized carbons (Fsp3) is 0. The van der Waals surface area contributed by atoms with Crippen LogP contribution in [0, 0.1) is 0 Å². The number of hydrogen-bond acceptors (Lipinski definition) is 2. The van der Waals surface area contributed by atoms with E-state index in [-0.39, 0.29) is 0 Å². The normalized spacial score (nSPS) is 11.9. The third kappa shape index (κ3) is 3.74. The second kappa shape index (κ2) is 9.90. The lowest BCUT2D eigenvalue weighted by molar-refractivity contribution is 1.32. The lowest BCUT2D eigenvalue weighted by atomic mass is 9.91. The molecule has 0 aliphatic carbocycles. The molecule has 46 heavy (non-hydrogen) atoms. The highest BCUT2D eigenvalue weighted by Gasteiger charge is 2.21. The lowest BCUT2D eigenvalue weighted by Gasteiger charge is -2.29. The minimum Gasteiger partial charge on any atom is -0.309 e. The Balaban J connectivity index is 1.35. The number of nitrogens with zero attached hydrogens (tertiary/aromatic N) is 1. The summed E-state index contributed by atoms with van der Waals surface area (Å²) < 4.78 is 2.63. The van der Waals surface area contributed by atoms with Gasteiger partial charge in [-0.15, -0.1) is 11.3 Å². The van der Waals surface area contributed by atoms with Gasteiger partial charge >= 0.3 is 0 Å². The van der Waals surface area contributed by atoms with Crippen LogP contribution in [0.4, 0.5) is 17.1 Å². The summed E-state index contributed by atoms with van der Waals surface area (Å²) in [7, 11) is 0. The molecule has 0 fully saturated rings. The largest absolute Gasteiger partial charge is 0.309 e. The molecule has 0 N–H and O–H groups in total. The number of thiophene rings is 1. The van der Waals surface area contributed by atoms with Crippen LogP contribution in [-0.4, -0.2) is 0 Å². The highest BCUT2D eigenvalue weighted by atomic mass is 32.1. The van der Waals surface area contributed by atoms with Gasteiger partial charge in [-0.1, -0.05) is 127 Å². The molecule has 1 nitrogen and oxygen atoms in total. The van der Waals surface area contributed by atoms with Crippen LogP contribution in [0.1, 0.15) is 0 Å². The van der Waals surface area contributed by atoms with E-state index in [1.807, 2.05) is 11.3 Å². The maximum absolute atomic E-state index is 2.49. The van der Waals surface area contributed by atoms with Gasteiger partial charge in [0.05, 0.1) is 11.4 Å². The molecule has 0 aliphatic rings. The third-order valence-corrected chi connectivity index (χ3v) is 10.7. The highest BCUT2D eigenvalue weighted by Crippen LogP contribution is 2.47. The Bertz CT molecular complexity index is 2820. The fourth-order valence-corrected chi connectivity index (χ4v) is 8.61. The Morgan fingerprint density at radius 1 is 0.326 bits per heavy atom. The van der Waals surface area contributed by atoms with Gasteiger partial charge in [0, 0.05) is 36.6 Å². The smallest absolute Gasteiger partial charge is 0.0546 e. The van der Waals surface area contributed by atoms with Gasteiger partial charge in [0.2, 0.25) is 0 Å². The molecule has 0 radical (unpaired) electrons. The summed E-state index contributed by atoms with van der Waals surface area (Å²) in [6.07, 6.45) is 0. The lowest BCUT2D eigenvalue weighted by Crippen LogP contribution is -2.11. The Kier molecular flexibility index (Phi) is 5.51. The summed E-state index contributed by atoms with van der Waals surface area (Å²) in [5.41, 5.74) is 3.51. The van der Waals surface area contributed by atoms with Crippen molar-refractivity contribution in [2.45, 2.75) is 0 Å². The average molecular weight is 602 g/mol. The Morgan fingerprint density at radius 2 is 0.913 bits per heavy atom. The van der Waals surface area contributed by atoms with Crippen molar-refractivity contribution in [3.8, 4) is 0 Å². The molecule has 10 rings (SSSR count). The van der Waals surface area contributed by atoms with Crippen molar-refractivity contribution in [3.63, 3.8) is 0 Å². The second-order valence-corrected chi connectivity index (χ2v) is 13.2. The first-order chi connectivity index (χ1) is 22.8. The first-order valence-electron chi connectivity index (χ1n) is 15.8. The zero-order valence-corrected chi connectivity index (χ0v) is 25.8. The molecule has 0 saturated heterocycles. The number of fused-ring (bicyclic) bond motifs is 11. The van der Waals surface area contributed by atoms with Crippen molar-refractivity contribution in [1.29, 1.82) is 0 Å². The molecule has 0 aliphatic heterocycles. The molecule has 0 atom stereocenters. The number of benzene rings is 9. The summed E-state index contributed by atoms with van der Waals surface area (Å²) >= 11 is 1.86. The van der Waals surface area contributed by atoms with Crippen LogP contribution in [0.25, 0.3) is 74.0 Å². The molecule has 0 unspecified atom stereocenters. The van der Waals surface area contributed by atoms with Crippen LogP contribution >= 0.6 is 11.3 Å². The van der Waals surface area contributed by atoms with E-state index >= 15 is 0 Å². The van der Waals surface area contributed by atoms with Gasteiger partial charge in [0.1, 0.15) is 0 Å². The van der Waals surface area contributed by atoms with Crippen molar-refractivity contribution < 1.29 is 0 Å². The van der Waals surface area contributed by atoms with Gasteiger partial charge < -0.3 is 4.90 Å². The van der Waals surface area contributed by atoms with E-state index in [4.69, 9.17) is 0 Å². The maximum Gasteiger partial charge on any atom is 0.0546 e. The van der Waals surface area contributed by atoms with Crippen LogP contribution in [0.5, 0.6) is 0 Å². The van der Waals surface area contributed by atoms with Gasteiger partial charge in [-0.2, -0.15) is 0 Å². The second-order valence-electron chi connectivity index (χ2n) is 12.1. The van der Waals surface area contributed by atoms with Crippen molar-refractivity contribution in [1.82, 2.24) is 0 Å². The molecular weight excluding hydrogens is 575 g/mol. The van der Waals surface area contributed by atoms with E-state index in [1.54, 1.807) is 0 Å². The molecule has 214 valence electrons. The fourth-order valence-electron chi connectivity index (χ4n) is 7.52. The summed E-state index contributed by atoms with van der Waals surface area (Å²) in [5.74, 6) is 0. The number of hydrogen-bond donors (Lipinski definition) is 0. The third-order valence-electron chi connectivity index (χ3n) is 9.57. The summed E-state index contributed by atoms with van der Waals surface area (Å²) in [5, 5.41) is 15.3. The molecule has 9 aromatic carbocycles. The van der Waals surface area contributed by atoms with E-state index in [1.165, 1.54) is 85.4 Å². The van der Waals surface area contributed by atoms with Crippen LogP contribution in [0.2, 0.25) is 0 Å². The Morgan fingerprint density at radius 3 is 1.76 bits per heavy atom. The summed E-state index contributed by atoms with van der Waals surface area (Å²) in [6, 6.07) is 60.4. The highest BCUT2D eigenvalue weighted by molar-refractivity contribution is 7.25. The first-order valence-corrected chi connectivity index (χ1v) is 16.6. The predicted molar refractivity (Wildman–Crippen MR) is 202 cm³/mol. The van der Waals surface area contributed by atoms with Crippen LogP contribution in [0.3, 0.4) is 0 Å². The van der Waals surface area contributed by atoms with Gasteiger partial charge in [0.15, 0.2) is 0 Å². The van der Waals surface area contributed by atoms with Gasteiger partial charge in [-0.3, -0.25) is 0 Å². The summed E-state index contributed by atoms with van der Waals surface area (Å²) in [4.78, 5) is 2.49. The minimum atomic E-state index is 1.16. The SMILES string of the molecule is c1ccc2c(N(c3ccc4sc5ccccc5c4c3)c3cc4ccc5ccc6ccccc6c5c4c4ccccc34)cccc2c1. The molecule has 0 bridgehead atoms. The molecule has 2 heteroatoms. The van der Waals surface area contributed by atoms with E-state index in [9.17, 15) is 0 Å². The molecule has 0 saturated carbocycles. The maximum atomic E-state index is 2.49. The van der Waals surface area contributed by atoms with Gasteiger partial charge in [-0.05, 0) is 79.5 Å². The topological polar surface area (TPSA) is 3.24 Å². The van der Waals surface area contributed by atoms with Crippen molar-refractivity contribution in [3.05, 3.63) is 164 Å². The van der Waals surface area contributed by atoms with Crippen molar-refractivity contribution in [2.24, 2.45) is 0 Å². The zero-order chi connectivity index (χ0) is 30.2. The van der Waals surface area contributed by atoms with Gasteiger partial charge in [0.25, 0.3) is 0 Å².